The van der Waals surface area contributed by atoms with Crippen LogP contribution in [0.15, 0.2) is 42.5 Å². The third kappa shape index (κ3) is 7.47. The monoisotopic (exact) mass is 354 g/mol. The fraction of sp³-hybridized carbons (Fsp3) is 0.522. The zero-order valence-electron chi connectivity index (χ0n) is 16.2. The summed E-state index contributed by atoms with van der Waals surface area (Å²) in [6.07, 6.45) is 13.1. The summed E-state index contributed by atoms with van der Waals surface area (Å²) >= 11 is 0. The van der Waals surface area contributed by atoms with Crippen LogP contribution in [0.5, 0.6) is 0 Å². The van der Waals surface area contributed by atoms with E-state index in [4.69, 9.17) is 0 Å². The van der Waals surface area contributed by atoms with E-state index in [0.29, 0.717) is 0 Å². The molecule has 0 fully saturated rings. The number of unbranched alkanes of at least 4 members (excludes halogenated alkanes) is 9. The summed E-state index contributed by atoms with van der Waals surface area (Å²) in [7, 11) is 0. The first kappa shape index (κ1) is 20.3. The molecule has 0 saturated carbocycles. The first-order chi connectivity index (χ1) is 12.8. The van der Waals surface area contributed by atoms with E-state index in [2.05, 4.69) is 29.7 Å². The molecule has 0 aliphatic heterocycles. The molecule has 0 aliphatic carbocycles. The molecule has 2 aromatic rings. The predicted molar refractivity (Wildman–Crippen MR) is 113 cm³/mol. The van der Waals surface area contributed by atoms with Gasteiger partial charge in [0.2, 0.25) is 0 Å². The maximum absolute atomic E-state index is 12.1. The van der Waals surface area contributed by atoms with Crippen molar-refractivity contribution in [2.45, 2.75) is 71.1 Å². The van der Waals surface area contributed by atoms with Crippen molar-refractivity contribution in [2.24, 2.45) is 0 Å². The Morgan fingerprint density at radius 2 is 1.38 bits per heavy atom. The Morgan fingerprint density at radius 3 is 2.12 bits per heavy atom. The lowest BCUT2D eigenvalue weighted by Crippen LogP contribution is -2.29. The molecule has 0 heterocycles. The van der Waals surface area contributed by atoms with Crippen molar-refractivity contribution in [3.8, 4) is 0 Å². The summed E-state index contributed by atoms with van der Waals surface area (Å²) in [5.41, 5.74) is 0.865. The second-order valence-corrected chi connectivity index (χ2v) is 7.09. The Labute approximate surface area is 158 Å². The minimum absolute atomic E-state index is 0.114. The molecule has 2 amide bonds. The first-order valence-electron chi connectivity index (χ1n) is 10.3. The van der Waals surface area contributed by atoms with E-state index in [1.807, 2.05) is 30.3 Å². The molecule has 0 spiro atoms. The predicted octanol–water partition coefficient (Wildman–Crippen LogP) is 6.88. The summed E-state index contributed by atoms with van der Waals surface area (Å²) < 4.78 is 0. The van der Waals surface area contributed by atoms with Crippen molar-refractivity contribution in [3.05, 3.63) is 42.5 Å². The number of nitrogens with one attached hydrogen (secondary N) is 2. The van der Waals surface area contributed by atoms with Gasteiger partial charge >= 0.3 is 6.03 Å². The molecule has 3 nitrogen and oxygen atoms in total. The summed E-state index contributed by atoms with van der Waals surface area (Å²) in [5, 5.41) is 8.15. The van der Waals surface area contributed by atoms with Crippen LogP contribution in [0.4, 0.5) is 10.5 Å². The summed E-state index contributed by atoms with van der Waals surface area (Å²) in [5.74, 6) is 0. The van der Waals surface area contributed by atoms with Crippen LogP contribution in [0.3, 0.4) is 0 Å². The number of carbonyl (C=O) groups excluding carboxylic acids is 1. The normalized spacial score (nSPS) is 10.8. The number of carbonyl (C=O) groups is 1. The van der Waals surface area contributed by atoms with Gasteiger partial charge < -0.3 is 10.6 Å². The van der Waals surface area contributed by atoms with Crippen LogP contribution in [-0.2, 0) is 0 Å². The fourth-order valence-electron chi connectivity index (χ4n) is 3.32. The number of fused-ring (bicyclic) bond motifs is 1. The smallest absolute Gasteiger partial charge is 0.319 e. The van der Waals surface area contributed by atoms with Crippen LogP contribution in [-0.4, -0.2) is 12.6 Å². The average molecular weight is 355 g/mol. The highest BCUT2D eigenvalue weighted by molar-refractivity contribution is 6.01. The molecule has 2 N–H and O–H groups in total. The summed E-state index contributed by atoms with van der Waals surface area (Å²) in [6, 6.07) is 14.0. The molecule has 0 radical (unpaired) electrons. The number of hydrogen-bond acceptors (Lipinski definition) is 1. The quantitative estimate of drug-likeness (QED) is 0.401. The van der Waals surface area contributed by atoms with E-state index in [-0.39, 0.29) is 6.03 Å². The highest BCUT2D eigenvalue weighted by Gasteiger charge is 2.04. The Morgan fingerprint density at radius 1 is 0.769 bits per heavy atom. The minimum atomic E-state index is -0.114. The molecule has 0 saturated heterocycles. The van der Waals surface area contributed by atoms with E-state index in [9.17, 15) is 4.79 Å². The highest BCUT2D eigenvalue weighted by atomic mass is 16.2. The number of hydrogen-bond donors (Lipinski definition) is 2. The lowest BCUT2D eigenvalue weighted by Gasteiger charge is -2.10. The molecular weight excluding hydrogens is 320 g/mol. The van der Waals surface area contributed by atoms with Crippen LogP contribution in [0.25, 0.3) is 10.8 Å². The Kier molecular flexibility index (Phi) is 9.63. The first-order valence-corrected chi connectivity index (χ1v) is 10.3. The molecule has 0 bridgehead atoms. The van der Waals surface area contributed by atoms with Gasteiger partial charge in [0.15, 0.2) is 0 Å². The van der Waals surface area contributed by atoms with Gasteiger partial charge in [-0.2, -0.15) is 0 Å². The number of amides is 2. The van der Waals surface area contributed by atoms with Crippen molar-refractivity contribution in [1.82, 2.24) is 5.32 Å². The van der Waals surface area contributed by atoms with Gasteiger partial charge in [-0.3, -0.25) is 0 Å². The number of rotatable bonds is 12. The van der Waals surface area contributed by atoms with Crippen LogP contribution >= 0.6 is 0 Å². The maximum Gasteiger partial charge on any atom is 0.319 e. The van der Waals surface area contributed by atoms with Crippen molar-refractivity contribution in [2.75, 3.05) is 11.9 Å². The van der Waals surface area contributed by atoms with Gasteiger partial charge in [0.1, 0.15) is 0 Å². The van der Waals surface area contributed by atoms with Crippen molar-refractivity contribution in [1.29, 1.82) is 0 Å². The second-order valence-electron chi connectivity index (χ2n) is 7.09. The van der Waals surface area contributed by atoms with Gasteiger partial charge in [-0.15, -0.1) is 0 Å². The molecular formula is C23H34N2O. The Hall–Kier alpha value is -2.03. The third-order valence-electron chi connectivity index (χ3n) is 4.85. The molecule has 2 aromatic carbocycles. The number of benzene rings is 2. The van der Waals surface area contributed by atoms with Crippen molar-refractivity contribution >= 4 is 22.5 Å². The minimum Gasteiger partial charge on any atom is -0.338 e. The van der Waals surface area contributed by atoms with Gasteiger partial charge in [0.05, 0.1) is 5.69 Å². The summed E-state index contributed by atoms with van der Waals surface area (Å²) in [6.45, 7) is 3.00. The molecule has 3 heteroatoms. The fourth-order valence-corrected chi connectivity index (χ4v) is 3.32. The topological polar surface area (TPSA) is 41.1 Å². The van der Waals surface area contributed by atoms with Crippen LogP contribution in [0.2, 0.25) is 0 Å². The standard InChI is InChI=1S/C23H34N2O/c1-2-3-4-5-6-7-8-9-10-13-19-24-23(26)25-22-18-14-16-20-15-11-12-17-21(20)22/h11-12,14-18H,2-10,13,19H2,1H3,(H2,24,25,26). The van der Waals surface area contributed by atoms with E-state index in [1.165, 1.54) is 57.8 Å². The van der Waals surface area contributed by atoms with Crippen molar-refractivity contribution in [3.63, 3.8) is 0 Å². The van der Waals surface area contributed by atoms with Crippen LogP contribution < -0.4 is 10.6 Å². The van der Waals surface area contributed by atoms with Gasteiger partial charge in [-0.05, 0) is 17.9 Å². The maximum atomic E-state index is 12.1. The lowest BCUT2D eigenvalue weighted by atomic mass is 10.1. The molecule has 0 aromatic heterocycles. The highest BCUT2D eigenvalue weighted by Crippen LogP contribution is 2.22. The van der Waals surface area contributed by atoms with E-state index in [1.54, 1.807) is 0 Å². The Bertz CT molecular complexity index is 648. The third-order valence-corrected chi connectivity index (χ3v) is 4.85. The summed E-state index contributed by atoms with van der Waals surface area (Å²) in [4.78, 5) is 12.1. The SMILES string of the molecule is CCCCCCCCCCCCNC(=O)Nc1cccc2ccccc12. The molecule has 2 rings (SSSR count). The molecule has 26 heavy (non-hydrogen) atoms. The van der Waals surface area contributed by atoms with Gasteiger partial charge in [0.25, 0.3) is 0 Å². The van der Waals surface area contributed by atoms with E-state index < -0.39 is 0 Å². The van der Waals surface area contributed by atoms with Crippen LogP contribution in [0, 0.1) is 0 Å². The number of anilines is 1. The van der Waals surface area contributed by atoms with Gasteiger partial charge in [-0.1, -0.05) is 101 Å². The molecule has 0 aliphatic rings. The van der Waals surface area contributed by atoms with E-state index >= 15 is 0 Å². The molecule has 0 unspecified atom stereocenters. The number of urea groups is 1. The van der Waals surface area contributed by atoms with Crippen LogP contribution in [0.1, 0.15) is 71.1 Å². The Balaban J connectivity index is 1.54. The van der Waals surface area contributed by atoms with E-state index in [0.717, 1.165) is 29.4 Å². The average Bonchev–Trinajstić information content (AvgIpc) is 2.66. The largest absolute Gasteiger partial charge is 0.338 e. The van der Waals surface area contributed by atoms with Gasteiger partial charge in [-0.25, -0.2) is 4.79 Å². The zero-order chi connectivity index (χ0) is 18.5. The lowest BCUT2D eigenvalue weighted by molar-refractivity contribution is 0.252. The van der Waals surface area contributed by atoms with Gasteiger partial charge in [0, 0.05) is 11.9 Å². The molecule has 142 valence electrons. The zero-order valence-corrected chi connectivity index (χ0v) is 16.2. The van der Waals surface area contributed by atoms with Crippen molar-refractivity contribution < 1.29 is 4.79 Å². The molecule has 0 atom stereocenters. The second kappa shape index (κ2) is 12.3.